The Bertz CT molecular complexity index is 1090. The summed E-state index contributed by atoms with van der Waals surface area (Å²) in [5.41, 5.74) is 2.64. The molecule has 2 aromatic carbocycles. The maximum absolute atomic E-state index is 13.0. The van der Waals surface area contributed by atoms with Crippen molar-refractivity contribution in [3.05, 3.63) is 70.4 Å². The molecule has 0 aliphatic carbocycles. The van der Waals surface area contributed by atoms with Gasteiger partial charge in [-0.15, -0.1) is 0 Å². The van der Waals surface area contributed by atoms with E-state index in [1.807, 2.05) is 24.0 Å². The third kappa shape index (κ3) is 4.15. The minimum absolute atomic E-state index is 0.00664. The summed E-state index contributed by atoms with van der Waals surface area (Å²) >= 11 is 6.25. The lowest BCUT2D eigenvalue weighted by atomic mass is 10.0. The number of rotatable bonds is 5. The smallest absolute Gasteiger partial charge is 0.283 e. The highest BCUT2D eigenvalue weighted by molar-refractivity contribution is 6.53. The zero-order valence-corrected chi connectivity index (χ0v) is 19.0. The first-order valence-corrected chi connectivity index (χ1v) is 11.3. The van der Waals surface area contributed by atoms with E-state index in [-0.39, 0.29) is 22.7 Å². The average molecular weight is 452 g/mol. The Kier molecular flexibility index (Phi) is 6.33. The van der Waals surface area contributed by atoms with E-state index < -0.39 is 11.8 Å². The monoisotopic (exact) mass is 451 g/mol. The van der Waals surface area contributed by atoms with Gasteiger partial charge < -0.3 is 10.2 Å². The van der Waals surface area contributed by atoms with Crippen LogP contribution in [-0.2, 0) is 16.0 Å². The topological polar surface area (TPSA) is 69.7 Å². The summed E-state index contributed by atoms with van der Waals surface area (Å²) in [6.07, 6.45) is 3.99. The molecule has 0 bridgehead atoms. The number of aryl methyl sites for hydroxylation is 1. The van der Waals surface area contributed by atoms with Crippen LogP contribution in [0.15, 0.2) is 59.3 Å². The summed E-state index contributed by atoms with van der Waals surface area (Å²) in [5, 5.41) is 2.80. The SMILES string of the molecule is CCc1ccc(N2C(=O)C(Cl)=C(Nc3cccc(C(=O)N4CCCCC4C)c3)C2=O)cc1. The molecule has 0 saturated carbocycles. The van der Waals surface area contributed by atoms with E-state index in [1.165, 1.54) is 0 Å². The molecule has 3 amide bonds. The van der Waals surface area contributed by atoms with Gasteiger partial charge in [0, 0.05) is 23.8 Å². The zero-order valence-electron chi connectivity index (χ0n) is 18.2. The van der Waals surface area contributed by atoms with Crippen LogP contribution in [0.4, 0.5) is 11.4 Å². The predicted octanol–water partition coefficient (Wildman–Crippen LogP) is 4.70. The summed E-state index contributed by atoms with van der Waals surface area (Å²) in [5.74, 6) is -1.13. The summed E-state index contributed by atoms with van der Waals surface area (Å²) in [6, 6.07) is 14.4. The van der Waals surface area contributed by atoms with Gasteiger partial charge in [-0.3, -0.25) is 14.4 Å². The molecule has 32 heavy (non-hydrogen) atoms. The number of halogens is 1. The number of hydrogen-bond donors (Lipinski definition) is 1. The molecule has 1 unspecified atom stereocenters. The Labute approximate surface area is 192 Å². The predicted molar refractivity (Wildman–Crippen MR) is 126 cm³/mol. The lowest BCUT2D eigenvalue weighted by molar-refractivity contribution is -0.120. The summed E-state index contributed by atoms with van der Waals surface area (Å²) in [6.45, 7) is 4.84. The molecule has 166 valence electrons. The number of imide groups is 1. The van der Waals surface area contributed by atoms with E-state index in [0.29, 0.717) is 16.9 Å². The largest absolute Gasteiger partial charge is 0.350 e. The fraction of sp³-hybridized carbons (Fsp3) is 0.320. The van der Waals surface area contributed by atoms with Gasteiger partial charge in [0.15, 0.2) is 0 Å². The summed E-state index contributed by atoms with van der Waals surface area (Å²) in [7, 11) is 0. The molecule has 2 aliphatic heterocycles. The van der Waals surface area contributed by atoms with Crippen LogP contribution in [0, 0.1) is 0 Å². The number of amides is 3. The number of piperidine rings is 1. The van der Waals surface area contributed by atoms with Crippen molar-refractivity contribution in [3.8, 4) is 0 Å². The van der Waals surface area contributed by atoms with Gasteiger partial charge in [-0.05, 0) is 68.5 Å². The Hall–Kier alpha value is -3.12. The molecule has 0 radical (unpaired) electrons. The first kappa shape index (κ1) is 22.1. The van der Waals surface area contributed by atoms with Crippen molar-refractivity contribution in [2.75, 3.05) is 16.8 Å². The third-order valence-electron chi connectivity index (χ3n) is 6.07. The van der Waals surface area contributed by atoms with Gasteiger partial charge in [0.05, 0.1) is 5.69 Å². The number of carbonyl (C=O) groups excluding carboxylic acids is 3. The number of anilines is 2. The van der Waals surface area contributed by atoms with Crippen molar-refractivity contribution < 1.29 is 14.4 Å². The van der Waals surface area contributed by atoms with Gasteiger partial charge in [0.2, 0.25) is 0 Å². The van der Waals surface area contributed by atoms with Crippen LogP contribution in [0.1, 0.15) is 49.0 Å². The van der Waals surface area contributed by atoms with Crippen LogP contribution in [-0.4, -0.2) is 35.2 Å². The minimum atomic E-state index is -0.571. The fourth-order valence-electron chi connectivity index (χ4n) is 4.17. The number of likely N-dealkylation sites (tertiary alicyclic amines) is 1. The Morgan fingerprint density at radius 1 is 1.09 bits per heavy atom. The maximum atomic E-state index is 13.0. The molecule has 2 heterocycles. The zero-order chi connectivity index (χ0) is 22.8. The summed E-state index contributed by atoms with van der Waals surface area (Å²) < 4.78 is 0. The maximum Gasteiger partial charge on any atom is 0.283 e. The lowest BCUT2D eigenvalue weighted by Crippen LogP contribution is -2.42. The van der Waals surface area contributed by atoms with Gasteiger partial charge in [0.25, 0.3) is 17.7 Å². The first-order valence-electron chi connectivity index (χ1n) is 11.0. The number of benzene rings is 2. The van der Waals surface area contributed by atoms with E-state index in [9.17, 15) is 14.4 Å². The van der Waals surface area contributed by atoms with Gasteiger partial charge in [-0.2, -0.15) is 0 Å². The second kappa shape index (κ2) is 9.17. The summed E-state index contributed by atoms with van der Waals surface area (Å²) in [4.78, 5) is 41.7. The number of nitrogens with one attached hydrogen (secondary N) is 1. The molecule has 1 fully saturated rings. The van der Waals surface area contributed by atoms with Gasteiger partial charge in [0.1, 0.15) is 10.7 Å². The molecule has 2 aliphatic rings. The first-order chi connectivity index (χ1) is 15.4. The second-order valence-corrected chi connectivity index (χ2v) is 8.58. The lowest BCUT2D eigenvalue weighted by Gasteiger charge is -2.33. The fourth-order valence-corrected chi connectivity index (χ4v) is 4.38. The molecule has 1 saturated heterocycles. The van der Waals surface area contributed by atoms with Gasteiger partial charge in [-0.1, -0.05) is 36.7 Å². The number of carbonyl (C=O) groups is 3. The number of nitrogens with zero attached hydrogens (tertiary/aromatic N) is 2. The van der Waals surface area contributed by atoms with Crippen molar-refractivity contribution in [1.29, 1.82) is 0 Å². The molecule has 6 nitrogen and oxygen atoms in total. The third-order valence-corrected chi connectivity index (χ3v) is 6.42. The highest BCUT2D eigenvalue weighted by Crippen LogP contribution is 2.30. The Balaban J connectivity index is 1.54. The van der Waals surface area contributed by atoms with E-state index >= 15 is 0 Å². The molecule has 4 rings (SSSR count). The van der Waals surface area contributed by atoms with E-state index in [4.69, 9.17) is 11.6 Å². The molecule has 0 spiro atoms. The van der Waals surface area contributed by atoms with Gasteiger partial charge >= 0.3 is 0 Å². The van der Waals surface area contributed by atoms with Crippen molar-refractivity contribution in [3.63, 3.8) is 0 Å². The molecule has 2 aromatic rings. The average Bonchev–Trinajstić information content (AvgIpc) is 3.02. The standard InChI is InChI=1S/C25H26ClN3O3/c1-3-17-10-12-20(13-11-17)29-24(31)21(26)22(25(29)32)27-19-9-6-8-18(15-19)23(30)28-14-5-4-7-16(28)2/h6,8-13,15-16,27H,3-5,7,14H2,1-2H3. The molecule has 7 heteroatoms. The van der Waals surface area contributed by atoms with Crippen LogP contribution < -0.4 is 10.2 Å². The Morgan fingerprint density at radius 2 is 1.84 bits per heavy atom. The van der Waals surface area contributed by atoms with Gasteiger partial charge in [-0.25, -0.2) is 4.90 Å². The van der Waals surface area contributed by atoms with Crippen molar-refractivity contribution in [1.82, 2.24) is 4.90 Å². The Morgan fingerprint density at radius 3 is 2.53 bits per heavy atom. The van der Waals surface area contributed by atoms with Crippen molar-refractivity contribution in [2.24, 2.45) is 0 Å². The van der Waals surface area contributed by atoms with E-state index in [0.717, 1.165) is 42.7 Å². The highest BCUT2D eigenvalue weighted by atomic mass is 35.5. The van der Waals surface area contributed by atoms with Crippen LogP contribution in [0.25, 0.3) is 0 Å². The van der Waals surface area contributed by atoms with Crippen LogP contribution in [0.5, 0.6) is 0 Å². The van der Waals surface area contributed by atoms with E-state index in [1.54, 1.807) is 36.4 Å². The molecule has 1 atom stereocenters. The minimum Gasteiger partial charge on any atom is -0.350 e. The number of hydrogen-bond acceptors (Lipinski definition) is 4. The van der Waals surface area contributed by atoms with Crippen LogP contribution in [0.3, 0.4) is 0 Å². The molecular formula is C25H26ClN3O3. The second-order valence-electron chi connectivity index (χ2n) is 8.20. The molecular weight excluding hydrogens is 426 g/mol. The van der Waals surface area contributed by atoms with Crippen LogP contribution in [0.2, 0.25) is 0 Å². The highest BCUT2D eigenvalue weighted by Gasteiger charge is 2.39. The van der Waals surface area contributed by atoms with Crippen molar-refractivity contribution in [2.45, 2.75) is 45.6 Å². The van der Waals surface area contributed by atoms with E-state index in [2.05, 4.69) is 12.2 Å². The van der Waals surface area contributed by atoms with Crippen LogP contribution >= 0.6 is 11.6 Å². The quantitative estimate of drug-likeness (QED) is 0.669. The normalized spacial score (nSPS) is 19.0. The van der Waals surface area contributed by atoms with Crippen molar-refractivity contribution >= 4 is 40.7 Å². The molecule has 0 aromatic heterocycles. The molecule has 1 N–H and O–H groups in total.